The number of aryl methyl sites for hydroxylation is 3. The molecule has 2 aromatic heterocycles. The summed E-state index contributed by atoms with van der Waals surface area (Å²) in [4.78, 5) is 43.6. The number of Topliss-reactive ketones (excluding diaryl/α,β-unsaturated/α-hetero) is 1. The SMILES string of the molecule is Cc1cc(C(=O)CCC(=O)NNC(=O)c2sc(-c3ccccc3)nc2C)c(C)s1. The van der Waals surface area contributed by atoms with Crippen molar-refractivity contribution in [2.45, 2.75) is 33.6 Å². The van der Waals surface area contributed by atoms with Crippen molar-refractivity contribution in [3.05, 3.63) is 62.3 Å². The number of hydrogen-bond donors (Lipinski definition) is 2. The van der Waals surface area contributed by atoms with Crippen molar-refractivity contribution in [3.63, 3.8) is 0 Å². The standard InChI is InChI=1S/C21H21N3O3S2/c1-12-11-16(14(3)28-12)17(25)9-10-18(26)23-24-20(27)19-13(2)22-21(29-19)15-7-5-4-6-8-15/h4-8,11H,9-10H2,1-3H3,(H,23,26)(H,24,27). The molecular weight excluding hydrogens is 406 g/mol. The Morgan fingerprint density at radius 2 is 1.69 bits per heavy atom. The number of carbonyl (C=O) groups is 3. The Balaban J connectivity index is 1.53. The highest BCUT2D eigenvalue weighted by Gasteiger charge is 2.18. The maximum absolute atomic E-state index is 12.4. The zero-order valence-corrected chi connectivity index (χ0v) is 18.0. The minimum absolute atomic E-state index is 0.00435. The Kier molecular flexibility index (Phi) is 6.56. The smallest absolute Gasteiger partial charge is 0.281 e. The molecule has 2 amide bonds. The molecule has 2 N–H and O–H groups in total. The summed E-state index contributed by atoms with van der Waals surface area (Å²) in [6, 6.07) is 11.4. The number of nitrogens with one attached hydrogen (secondary N) is 2. The lowest BCUT2D eigenvalue weighted by molar-refractivity contribution is -0.121. The van der Waals surface area contributed by atoms with E-state index in [1.54, 1.807) is 18.3 Å². The van der Waals surface area contributed by atoms with Gasteiger partial charge < -0.3 is 0 Å². The minimum Gasteiger partial charge on any atom is -0.294 e. The Morgan fingerprint density at radius 3 is 2.34 bits per heavy atom. The van der Waals surface area contributed by atoms with Crippen LogP contribution < -0.4 is 10.9 Å². The normalized spacial score (nSPS) is 10.6. The van der Waals surface area contributed by atoms with E-state index in [4.69, 9.17) is 0 Å². The summed E-state index contributed by atoms with van der Waals surface area (Å²) in [5, 5.41) is 0.742. The summed E-state index contributed by atoms with van der Waals surface area (Å²) in [5.74, 6) is -0.910. The fraction of sp³-hybridized carbons (Fsp3) is 0.238. The van der Waals surface area contributed by atoms with Gasteiger partial charge in [0.1, 0.15) is 9.88 Å². The molecule has 3 aromatic rings. The van der Waals surface area contributed by atoms with E-state index in [-0.39, 0.29) is 18.6 Å². The molecule has 3 rings (SSSR count). The van der Waals surface area contributed by atoms with Crippen molar-refractivity contribution in [2.75, 3.05) is 0 Å². The molecule has 0 radical (unpaired) electrons. The van der Waals surface area contributed by atoms with Gasteiger partial charge in [0.05, 0.1) is 5.69 Å². The molecule has 0 saturated carbocycles. The summed E-state index contributed by atoms with van der Waals surface area (Å²) in [5.41, 5.74) is 6.97. The van der Waals surface area contributed by atoms with Crippen LogP contribution in [0.2, 0.25) is 0 Å². The number of thiophene rings is 1. The van der Waals surface area contributed by atoms with Crippen LogP contribution in [-0.2, 0) is 4.79 Å². The predicted molar refractivity (Wildman–Crippen MR) is 115 cm³/mol. The molecule has 29 heavy (non-hydrogen) atoms. The molecule has 6 nitrogen and oxygen atoms in total. The van der Waals surface area contributed by atoms with Gasteiger partial charge in [-0.15, -0.1) is 22.7 Å². The molecule has 0 spiro atoms. The second-order valence-corrected chi connectivity index (χ2v) is 9.01. The van der Waals surface area contributed by atoms with Gasteiger partial charge in [-0.3, -0.25) is 25.2 Å². The van der Waals surface area contributed by atoms with Gasteiger partial charge in [-0.25, -0.2) is 4.98 Å². The van der Waals surface area contributed by atoms with E-state index in [1.165, 1.54) is 11.3 Å². The highest BCUT2D eigenvalue weighted by molar-refractivity contribution is 7.17. The van der Waals surface area contributed by atoms with Gasteiger partial charge in [0.25, 0.3) is 5.91 Å². The lowest BCUT2D eigenvalue weighted by atomic mass is 10.1. The van der Waals surface area contributed by atoms with Gasteiger partial charge in [0.15, 0.2) is 5.78 Å². The fourth-order valence-corrected chi connectivity index (χ4v) is 4.74. The molecule has 0 aliphatic carbocycles. The molecule has 8 heteroatoms. The first-order chi connectivity index (χ1) is 13.8. The molecule has 0 aliphatic rings. The van der Waals surface area contributed by atoms with E-state index >= 15 is 0 Å². The van der Waals surface area contributed by atoms with Crippen LogP contribution in [0.1, 0.15) is 48.3 Å². The molecular formula is C21H21N3O3S2. The predicted octanol–water partition coefficient (Wildman–Crippen LogP) is 4.22. The maximum Gasteiger partial charge on any atom is 0.281 e. The quantitative estimate of drug-likeness (QED) is 0.455. The van der Waals surface area contributed by atoms with Crippen molar-refractivity contribution in [2.24, 2.45) is 0 Å². The second kappa shape index (κ2) is 9.11. The first-order valence-electron chi connectivity index (χ1n) is 9.07. The van der Waals surface area contributed by atoms with Crippen LogP contribution in [0.15, 0.2) is 36.4 Å². The summed E-state index contributed by atoms with van der Waals surface area (Å²) in [6.45, 7) is 5.59. The number of amides is 2. The van der Waals surface area contributed by atoms with E-state index in [0.29, 0.717) is 16.1 Å². The van der Waals surface area contributed by atoms with E-state index in [0.717, 1.165) is 20.3 Å². The summed E-state index contributed by atoms with van der Waals surface area (Å²) >= 11 is 2.83. The highest BCUT2D eigenvalue weighted by Crippen LogP contribution is 2.27. The minimum atomic E-state index is -0.425. The van der Waals surface area contributed by atoms with E-state index in [9.17, 15) is 14.4 Å². The number of hydrazine groups is 1. The maximum atomic E-state index is 12.4. The third kappa shape index (κ3) is 5.16. The molecule has 0 atom stereocenters. The van der Waals surface area contributed by atoms with Crippen LogP contribution in [0.4, 0.5) is 0 Å². The van der Waals surface area contributed by atoms with Gasteiger partial charge in [0, 0.05) is 33.7 Å². The molecule has 1 aromatic carbocycles. The number of aromatic nitrogens is 1. The lowest BCUT2D eigenvalue weighted by Crippen LogP contribution is -2.41. The van der Waals surface area contributed by atoms with Crippen LogP contribution in [0.3, 0.4) is 0 Å². The molecule has 0 bridgehead atoms. The van der Waals surface area contributed by atoms with Crippen LogP contribution in [0.25, 0.3) is 10.6 Å². The second-order valence-electron chi connectivity index (χ2n) is 6.55. The molecule has 0 unspecified atom stereocenters. The van der Waals surface area contributed by atoms with Gasteiger partial charge >= 0.3 is 0 Å². The Hall–Kier alpha value is -2.84. The summed E-state index contributed by atoms with van der Waals surface area (Å²) < 4.78 is 0. The van der Waals surface area contributed by atoms with Gasteiger partial charge in [-0.05, 0) is 26.8 Å². The number of thiazole rings is 1. The molecule has 0 aliphatic heterocycles. The first kappa shape index (κ1) is 20.9. The average Bonchev–Trinajstić information content (AvgIpc) is 3.26. The largest absolute Gasteiger partial charge is 0.294 e. The third-order valence-corrected chi connectivity index (χ3v) is 6.43. The summed E-state index contributed by atoms with van der Waals surface area (Å²) in [7, 11) is 0. The van der Waals surface area contributed by atoms with Crippen LogP contribution in [0, 0.1) is 20.8 Å². The van der Waals surface area contributed by atoms with E-state index in [1.807, 2.05) is 50.2 Å². The van der Waals surface area contributed by atoms with Crippen molar-refractivity contribution in [3.8, 4) is 10.6 Å². The first-order valence-corrected chi connectivity index (χ1v) is 10.7. The number of hydrogen-bond acceptors (Lipinski definition) is 6. The average molecular weight is 428 g/mol. The van der Waals surface area contributed by atoms with E-state index in [2.05, 4.69) is 15.8 Å². The Bertz CT molecular complexity index is 1050. The molecule has 0 saturated heterocycles. The van der Waals surface area contributed by atoms with E-state index < -0.39 is 11.8 Å². The highest BCUT2D eigenvalue weighted by atomic mass is 32.1. The summed E-state index contributed by atoms with van der Waals surface area (Å²) in [6.07, 6.45) is 0.0981. The van der Waals surface area contributed by atoms with Crippen LogP contribution >= 0.6 is 22.7 Å². The number of nitrogens with zero attached hydrogens (tertiary/aromatic N) is 1. The number of ketones is 1. The molecule has 150 valence electrons. The third-order valence-electron chi connectivity index (χ3n) is 4.26. The topological polar surface area (TPSA) is 88.2 Å². The van der Waals surface area contributed by atoms with Crippen LogP contribution in [0.5, 0.6) is 0 Å². The van der Waals surface area contributed by atoms with Gasteiger partial charge in [-0.2, -0.15) is 0 Å². The Morgan fingerprint density at radius 1 is 0.966 bits per heavy atom. The van der Waals surface area contributed by atoms with Gasteiger partial charge in [-0.1, -0.05) is 30.3 Å². The zero-order chi connectivity index (χ0) is 21.0. The molecule has 0 fully saturated rings. The number of benzene rings is 1. The van der Waals surface area contributed by atoms with Crippen molar-refractivity contribution >= 4 is 40.3 Å². The molecule has 2 heterocycles. The fourth-order valence-electron chi connectivity index (χ4n) is 2.83. The van der Waals surface area contributed by atoms with Gasteiger partial charge in [0.2, 0.25) is 5.91 Å². The van der Waals surface area contributed by atoms with Crippen molar-refractivity contribution in [1.82, 2.24) is 15.8 Å². The lowest BCUT2D eigenvalue weighted by Gasteiger charge is -2.06. The Labute approximate surface area is 177 Å². The monoisotopic (exact) mass is 427 g/mol. The van der Waals surface area contributed by atoms with Crippen molar-refractivity contribution < 1.29 is 14.4 Å². The van der Waals surface area contributed by atoms with Crippen molar-refractivity contribution in [1.29, 1.82) is 0 Å². The zero-order valence-electron chi connectivity index (χ0n) is 16.4. The van der Waals surface area contributed by atoms with Crippen LogP contribution in [-0.4, -0.2) is 22.6 Å². The number of rotatable bonds is 6. The number of carbonyl (C=O) groups excluding carboxylic acids is 3.